The zero-order valence-corrected chi connectivity index (χ0v) is 18.3. The molecule has 0 amide bonds. The van der Waals surface area contributed by atoms with E-state index in [1.165, 1.54) is 18.4 Å². The standard InChI is InChI=1S/C21H19N3O5S2.K.H/c1-13-17-7-6-16(28-21-23-8-9-30-21)12-19(17)29-20(25)18(13)11-14-4-3-5-15(10-14)24-31(26,27)22-2;;/h3-10,12,22,24H,11H2,1-2H3;;. The van der Waals surface area contributed by atoms with Crippen molar-refractivity contribution in [1.29, 1.82) is 0 Å². The molecule has 2 heterocycles. The molecule has 0 radical (unpaired) electrons. The van der Waals surface area contributed by atoms with Gasteiger partial charge in [-0.15, -0.1) is 0 Å². The van der Waals surface area contributed by atoms with E-state index in [1.54, 1.807) is 36.5 Å². The van der Waals surface area contributed by atoms with Gasteiger partial charge in [0.1, 0.15) is 11.3 Å². The number of nitrogens with one attached hydrogen (secondary N) is 2. The first-order chi connectivity index (χ1) is 14.8. The number of anilines is 1. The molecule has 4 aromatic rings. The van der Waals surface area contributed by atoms with Crippen molar-refractivity contribution in [3.63, 3.8) is 0 Å². The van der Waals surface area contributed by atoms with Crippen molar-refractivity contribution in [2.24, 2.45) is 0 Å². The van der Waals surface area contributed by atoms with Gasteiger partial charge in [0.05, 0.1) is 5.69 Å². The van der Waals surface area contributed by atoms with Crippen molar-refractivity contribution in [2.45, 2.75) is 13.3 Å². The fraction of sp³-hybridized carbons (Fsp3) is 0.143. The maximum absolute atomic E-state index is 12.7. The van der Waals surface area contributed by atoms with Gasteiger partial charge in [0.2, 0.25) is 0 Å². The number of benzene rings is 2. The normalized spacial score (nSPS) is 11.2. The van der Waals surface area contributed by atoms with Crippen LogP contribution in [0.15, 0.2) is 63.3 Å². The van der Waals surface area contributed by atoms with Crippen molar-refractivity contribution in [3.05, 3.63) is 81.2 Å². The van der Waals surface area contributed by atoms with E-state index in [0.29, 0.717) is 34.2 Å². The SMILES string of the molecule is CNS(=O)(=O)Nc1cccc(Cc2c(C)c3ccc(Oc4nccs4)cc3oc2=O)c1.[KH]. The first-order valence-corrected chi connectivity index (χ1v) is 11.6. The van der Waals surface area contributed by atoms with E-state index in [-0.39, 0.29) is 51.4 Å². The number of ether oxygens (including phenoxy) is 1. The molecule has 2 N–H and O–H groups in total. The summed E-state index contributed by atoms with van der Waals surface area (Å²) in [4.78, 5) is 16.8. The summed E-state index contributed by atoms with van der Waals surface area (Å²) < 4.78 is 39.3. The molecular formula is C21H20KN3O5S2. The van der Waals surface area contributed by atoms with Gasteiger partial charge in [-0.2, -0.15) is 8.42 Å². The molecule has 2 aromatic carbocycles. The Morgan fingerprint density at radius 3 is 2.72 bits per heavy atom. The molecular weight excluding hydrogens is 477 g/mol. The number of aryl methyl sites for hydroxylation is 1. The summed E-state index contributed by atoms with van der Waals surface area (Å²) >= 11 is 1.37. The number of aromatic nitrogens is 1. The number of fused-ring (bicyclic) bond motifs is 1. The molecule has 0 saturated heterocycles. The predicted octanol–water partition coefficient (Wildman–Crippen LogP) is 3.17. The first kappa shape index (κ1) is 25.1. The third-order valence-electron chi connectivity index (χ3n) is 4.70. The Morgan fingerprint density at radius 2 is 2.00 bits per heavy atom. The van der Waals surface area contributed by atoms with Crippen molar-refractivity contribution in [1.82, 2.24) is 9.71 Å². The van der Waals surface area contributed by atoms with Gasteiger partial charge in [-0.1, -0.05) is 23.5 Å². The van der Waals surface area contributed by atoms with Gasteiger partial charge in [0, 0.05) is 42.1 Å². The van der Waals surface area contributed by atoms with Crippen molar-refractivity contribution < 1.29 is 17.6 Å². The molecule has 0 saturated carbocycles. The Hall–Kier alpha value is -1.57. The molecule has 162 valence electrons. The zero-order chi connectivity index (χ0) is 22.0. The van der Waals surface area contributed by atoms with E-state index >= 15 is 0 Å². The Bertz CT molecular complexity index is 1400. The molecule has 11 heteroatoms. The average molecular weight is 498 g/mol. The average Bonchev–Trinajstić information content (AvgIpc) is 3.24. The van der Waals surface area contributed by atoms with Crippen LogP contribution in [0.5, 0.6) is 10.9 Å². The van der Waals surface area contributed by atoms with Crippen LogP contribution in [0.25, 0.3) is 11.0 Å². The summed E-state index contributed by atoms with van der Waals surface area (Å²) in [6.45, 7) is 1.86. The summed E-state index contributed by atoms with van der Waals surface area (Å²) in [5, 5.41) is 3.11. The Morgan fingerprint density at radius 1 is 1.19 bits per heavy atom. The molecule has 0 aliphatic rings. The molecule has 0 atom stereocenters. The van der Waals surface area contributed by atoms with Crippen LogP contribution in [0, 0.1) is 6.92 Å². The van der Waals surface area contributed by atoms with E-state index in [9.17, 15) is 13.2 Å². The molecule has 2 aromatic heterocycles. The number of thiazole rings is 1. The summed E-state index contributed by atoms with van der Waals surface area (Å²) in [7, 11) is -2.30. The van der Waals surface area contributed by atoms with Gasteiger partial charge < -0.3 is 9.15 Å². The van der Waals surface area contributed by atoms with E-state index in [1.807, 2.05) is 24.4 Å². The number of nitrogens with zero attached hydrogens (tertiary/aromatic N) is 1. The maximum atomic E-state index is 12.7. The topological polar surface area (TPSA) is 111 Å². The minimum atomic E-state index is -3.63. The van der Waals surface area contributed by atoms with E-state index < -0.39 is 15.8 Å². The molecule has 0 spiro atoms. The van der Waals surface area contributed by atoms with Crippen LogP contribution in [-0.4, -0.2) is 71.8 Å². The first-order valence-electron chi connectivity index (χ1n) is 9.28. The monoisotopic (exact) mass is 497 g/mol. The minimum absolute atomic E-state index is 0. The van der Waals surface area contributed by atoms with Crippen LogP contribution in [0.2, 0.25) is 0 Å². The second-order valence-corrected chi connectivity index (χ2v) is 9.21. The van der Waals surface area contributed by atoms with Gasteiger partial charge in [-0.05, 0) is 42.3 Å². The van der Waals surface area contributed by atoms with E-state index in [2.05, 4.69) is 14.4 Å². The summed E-state index contributed by atoms with van der Waals surface area (Å²) in [5.41, 5.74) is 2.46. The van der Waals surface area contributed by atoms with Crippen LogP contribution >= 0.6 is 11.3 Å². The van der Waals surface area contributed by atoms with Gasteiger partial charge >= 0.3 is 57.0 Å². The third kappa shape index (κ3) is 5.86. The number of hydrogen-bond acceptors (Lipinski definition) is 7. The molecule has 0 aliphatic heterocycles. The van der Waals surface area contributed by atoms with Crippen LogP contribution in [0.3, 0.4) is 0 Å². The second-order valence-electron chi connectivity index (χ2n) is 6.74. The molecule has 4 rings (SSSR count). The van der Waals surface area contributed by atoms with Gasteiger partial charge in [0.25, 0.3) is 15.4 Å². The summed E-state index contributed by atoms with van der Waals surface area (Å²) in [6, 6.07) is 12.2. The van der Waals surface area contributed by atoms with Crippen molar-refractivity contribution in [2.75, 3.05) is 11.8 Å². The molecule has 0 fully saturated rings. The number of hydrogen-bond donors (Lipinski definition) is 2. The predicted molar refractivity (Wildman–Crippen MR) is 127 cm³/mol. The Kier molecular flexibility index (Phi) is 8.28. The fourth-order valence-corrected chi connectivity index (χ4v) is 4.20. The fourth-order valence-electron chi connectivity index (χ4n) is 3.16. The van der Waals surface area contributed by atoms with Crippen molar-refractivity contribution >= 4 is 89.6 Å². The van der Waals surface area contributed by atoms with Crippen LogP contribution in [0.1, 0.15) is 16.7 Å². The van der Waals surface area contributed by atoms with E-state index in [4.69, 9.17) is 9.15 Å². The van der Waals surface area contributed by atoms with Gasteiger partial charge in [-0.3, -0.25) is 4.72 Å². The molecule has 32 heavy (non-hydrogen) atoms. The van der Waals surface area contributed by atoms with Gasteiger partial charge in [-0.25, -0.2) is 14.5 Å². The second kappa shape index (κ2) is 10.6. The summed E-state index contributed by atoms with van der Waals surface area (Å²) in [6.07, 6.45) is 1.95. The molecule has 0 unspecified atom stereocenters. The quantitative estimate of drug-likeness (QED) is 0.300. The number of rotatable bonds is 7. The Labute approximate surface area is 231 Å². The zero-order valence-electron chi connectivity index (χ0n) is 16.7. The third-order valence-corrected chi connectivity index (χ3v) is 6.39. The van der Waals surface area contributed by atoms with Gasteiger partial charge in [0.15, 0.2) is 0 Å². The Balaban J connectivity index is 0.00000289. The van der Waals surface area contributed by atoms with Crippen LogP contribution < -0.4 is 19.8 Å². The van der Waals surface area contributed by atoms with Crippen LogP contribution in [-0.2, 0) is 16.6 Å². The van der Waals surface area contributed by atoms with E-state index in [0.717, 1.165) is 16.5 Å². The molecule has 8 nitrogen and oxygen atoms in total. The van der Waals surface area contributed by atoms with Crippen LogP contribution in [0.4, 0.5) is 5.69 Å². The molecule has 0 bridgehead atoms. The summed E-state index contributed by atoms with van der Waals surface area (Å²) in [5.74, 6) is 0.530. The van der Waals surface area contributed by atoms with Crippen molar-refractivity contribution in [3.8, 4) is 10.9 Å². The molecule has 0 aliphatic carbocycles.